The Bertz CT molecular complexity index is 1030. The molecule has 6 nitrogen and oxygen atoms in total. The quantitative estimate of drug-likeness (QED) is 0.453. The van der Waals surface area contributed by atoms with E-state index in [1.807, 2.05) is 54.6 Å². The van der Waals surface area contributed by atoms with Gasteiger partial charge in [-0.1, -0.05) is 56.3 Å². The van der Waals surface area contributed by atoms with Gasteiger partial charge in [-0.05, 0) is 42.9 Å². The van der Waals surface area contributed by atoms with Gasteiger partial charge in [0.05, 0.1) is 12.5 Å². The number of hydrogen-bond donors (Lipinski definition) is 0. The predicted molar refractivity (Wildman–Crippen MR) is 137 cm³/mol. The van der Waals surface area contributed by atoms with Gasteiger partial charge in [0, 0.05) is 49.6 Å². The van der Waals surface area contributed by atoms with Crippen molar-refractivity contribution in [2.24, 2.45) is 11.8 Å². The number of rotatable bonds is 10. The lowest BCUT2D eigenvalue weighted by molar-refractivity contribution is -0.134. The predicted octanol–water partition coefficient (Wildman–Crippen LogP) is 5.03. The third-order valence-corrected chi connectivity index (χ3v) is 6.47. The molecule has 0 saturated carbocycles. The molecule has 0 unspecified atom stereocenters. The van der Waals surface area contributed by atoms with Crippen LogP contribution in [0.2, 0.25) is 0 Å². The minimum Gasteiger partial charge on any atom is -0.343 e. The van der Waals surface area contributed by atoms with Gasteiger partial charge in [-0.2, -0.15) is 5.26 Å². The Balaban J connectivity index is 1.48. The Morgan fingerprint density at radius 2 is 1.66 bits per heavy atom. The summed E-state index contributed by atoms with van der Waals surface area (Å²) in [6.07, 6.45) is 2.75. The molecule has 0 radical (unpaired) electrons. The number of anilines is 1. The fourth-order valence-corrected chi connectivity index (χ4v) is 4.58. The first-order valence-electron chi connectivity index (χ1n) is 12.5. The third kappa shape index (κ3) is 7.51. The van der Waals surface area contributed by atoms with Gasteiger partial charge in [-0.15, -0.1) is 0 Å². The molecule has 35 heavy (non-hydrogen) atoms. The van der Waals surface area contributed by atoms with E-state index in [4.69, 9.17) is 5.26 Å². The van der Waals surface area contributed by atoms with Crippen molar-refractivity contribution in [3.63, 3.8) is 0 Å². The normalized spacial score (nSPS) is 13.9. The number of piperidine rings is 1. The van der Waals surface area contributed by atoms with Crippen LogP contribution in [0.3, 0.4) is 0 Å². The molecule has 0 bridgehead atoms. The topological polar surface area (TPSA) is 81.5 Å². The van der Waals surface area contributed by atoms with Crippen LogP contribution >= 0.6 is 0 Å². The summed E-state index contributed by atoms with van der Waals surface area (Å²) in [5, 5.41) is 8.94. The number of ketones is 1. The molecular weight excluding hydrogens is 438 g/mol. The van der Waals surface area contributed by atoms with Gasteiger partial charge < -0.3 is 9.80 Å². The van der Waals surface area contributed by atoms with Gasteiger partial charge in [0.2, 0.25) is 11.8 Å². The van der Waals surface area contributed by atoms with Crippen LogP contribution in [0.25, 0.3) is 0 Å². The maximum atomic E-state index is 12.9. The Morgan fingerprint density at radius 1 is 1.00 bits per heavy atom. The lowest BCUT2D eigenvalue weighted by Crippen LogP contribution is -2.41. The van der Waals surface area contributed by atoms with Crippen LogP contribution in [0.1, 0.15) is 61.9 Å². The molecule has 1 saturated heterocycles. The number of para-hydroxylation sites is 1. The van der Waals surface area contributed by atoms with Gasteiger partial charge in [0.25, 0.3) is 0 Å². The van der Waals surface area contributed by atoms with Crippen molar-refractivity contribution in [2.45, 2.75) is 52.4 Å². The van der Waals surface area contributed by atoms with Crippen molar-refractivity contribution in [1.29, 1.82) is 5.26 Å². The highest BCUT2D eigenvalue weighted by Crippen LogP contribution is 2.23. The second-order valence-electron chi connectivity index (χ2n) is 9.60. The molecule has 0 atom stereocenters. The molecule has 0 aliphatic carbocycles. The van der Waals surface area contributed by atoms with Crippen molar-refractivity contribution in [3.8, 4) is 6.07 Å². The maximum absolute atomic E-state index is 12.9. The number of Topliss-reactive ketones (excluding diaryl/α,β-unsaturated/α-hetero) is 1. The first-order chi connectivity index (χ1) is 16.9. The summed E-state index contributed by atoms with van der Waals surface area (Å²) in [5.74, 6) is 0.435. The van der Waals surface area contributed by atoms with E-state index in [-0.39, 0.29) is 42.8 Å². The van der Waals surface area contributed by atoms with E-state index in [0.717, 1.165) is 17.7 Å². The zero-order chi connectivity index (χ0) is 25.2. The fourth-order valence-electron chi connectivity index (χ4n) is 4.58. The van der Waals surface area contributed by atoms with Crippen LogP contribution in [0.15, 0.2) is 54.6 Å². The largest absolute Gasteiger partial charge is 0.343 e. The minimum atomic E-state index is -0.161. The molecule has 184 valence electrons. The number of carbonyl (C=O) groups is 3. The molecule has 2 aromatic carbocycles. The van der Waals surface area contributed by atoms with Crippen molar-refractivity contribution >= 4 is 23.3 Å². The van der Waals surface area contributed by atoms with Crippen molar-refractivity contribution in [2.75, 3.05) is 24.5 Å². The Morgan fingerprint density at radius 3 is 2.26 bits per heavy atom. The summed E-state index contributed by atoms with van der Waals surface area (Å²) in [5.41, 5.74) is 2.72. The molecule has 1 aliphatic rings. The average molecular weight is 474 g/mol. The van der Waals surface area contributed by atoms with E-state index >= 15 is 0 Å². The van der Waals surface area contributed by atoms with Crippen LogP contribution in [-0.4, -0.2) is 42.1 Å². The lowest BCUT2D eigenvalue weighted by Gasteiger charge is -2.31. The SMILES string of the molecule is CC(C)Cc1ccc(C(=O)C2CCN(C(=O)CCC(=O)N(CCC#N)c3ccccc3)CC2)cc1. The summed E-state index contributed by atoms with van der Waals surface area (Å²) < 4.78 is 0. The Hall–Kier alpha value is -3.46. The molecule has 0 aromatic heterocycles. The molecule has 1 aliphatic heterocycles. The van der Waals surface area contributed by atoms with E-state index in [0.29, 0.717) is 38.4 Å². The second kappa shape index (κ2) is 12.9. The molecule has 1 fully saturated rings. The third-order valence-electron chi connectivity index (χ3n) is 6.47. The second-order valence-corrected chi connectivity index (χ2v) is 9.60. The van der Waals surface area contributed by atoms with Crippen LogP contribution in [-0.2, 0) is 16.0 Å². The fraction of sp³-hybridized carbons (Fsp3) is 0.448. The number of benzene rings is 2. The van der Waals surface area contributed by atoms with Gasteiger partial charge in [0.15, 0.2) is 5.78 Å². The molecule has 1 heterocycles. The molecular formula is C29H35N3O3. The summed E-state index contributed by atoms with van der Waals surface area (Å²) in [4.78, 5) is 41.9. The zero-order valence-corrected chi connectivity index (χ0v) is 20.8. The van der Waals surface area contributed by atoms with Crippen molar-refractivity contribution in [3.05, 3.63) is 65.7 Å². The standard InChI is InChI=1S/C29H35N3O3/c1-22(2)21-23-9-11-24(12-10-23)29(35)25-15-19-31(20-16-25)27(33)13-14-28(34)32(18-6-17-30)26-7-4-3-5-8-26/h3-5,7-12,22,25H,6,13-16,18-21H2,1-2H3. The molecule has 0 N–H and O–H groups in total. The summed E-state index contributed by atoms with van der Waals surface area (Å²) in [6, 6.07) is 19.2. The lowest BCUT2D eigenvalue weighted by atomic mass is 9.88. The minimum absolute atomic E-state index is 0.0596. The molecule has 6 heteroatoms. The summed E-state index contributed by atoms with van der Waals surface area (Å²) in [7, 11) is 0. The number of nitrogens with zero attached hydrogens (tertiary/aromatic N) is 3. The van der Waals surface area contributed by atoms with E-state index in [1.165, 1.54) is 5.56 Å². The first-order valence-corrected chi connectivity index (χ1v) is 12.5. The van der Waals surface area contributed by atoms with Crippen LogP contribution in [0.5, 0.6) is 0 Å². The average Bonchev–Trinajstić information content (AvgIpc) is 2.88. The number of nitriles is 1. The van der Waals surface area contributed by atoms with E-state index in [2.05, 4.69) is 19.9 Å². The molecule has 3 rings (SSSR count). The van der Waals surface area contributed by atoms with Gasteiger partial charge >= 0.3 is 0 Å². The number of hydrogen-bond acceptors (Lipinski definition) is 4. The highest BCUT2D eigenvalue weighted by molar-refractivity contribution is 5.98. The van der Waals surface area contributed by atoms with E-state index < -0.39 is 0 Å². The van der Waals surface area contributed by atoms with Gasteiger partial charge in [-0.25, -0.2) is 0 Å². The van der Waals surface area contributed by atoms with Crippen LogP contribution in [0, 0.1) is 23.2 Å². The maximum Gasteiger partial charge on any atom is 0.227 e. The number of amides is 2. The van der Waals surface area contributed by atoms with E-state index in [1.54, 1.807) is 9.80 Å². The molecule has 2 amide bonds. The highest BCUT2D eigenvalue weighted by atomic mass is 16.2. The van der Waals surface area contributed by atoms with Gasteiger partial charge in [-0.3, -0.25) is 14.4 Å². The van der Waals surface area contributed by atoms with Crippen LogP contribution in [0.4, 0.5) is 5.69 Å². The molecule has 0 spiro atoms. The van der Waals surface area contributed by atoms with Gasteiger partial charge in [0.1, 0.15) is 0 Å². The number of likely N-dealkylation sites (tertiary alicyclic amines) is 1. The van der Waals surface area contributed by atoms with E-state index in [9.17, 15) is 14.4 Å². The highest BCUT2D eigenvalue weighted by Gasteiger charge is 2.28. The Labute approximate surface area is 208 Å². The summed E-state index contributed by atoms with van der Waals surface area (Å²) >= 11 is 0. The Kier molecular flexibility index (Phi) is 9.60. The number of carbonyl (C=O) groups excluding carboxylic acids is 3. The van der Waals surface area contributed by atoms with Crippen molar-refractivity contribution in [1.82, 2.24) is 4.90 Å². The van der Waals surface area contributed by atoms with Crippen LogP contribution < -0.4 is 4.90 Å². The smallest absolute Gasteiger partial charge is 0.227 e. The molecule has 2 aromatic rings. The zero-order valence-electron chi connectivity index (χ0n) is 20.8. The first kappa shape index (κ1) is 26.2. The summed E-state index contributed by atoms with van der Waals surface area (Å²) in [6.45, 7) is 5.73. The van der Waals surface area contributed by atoms with Crippen molar-refractivity contribution < 1.29 is 14.4 Å². The monoisotopic (exact) mass is 473 g/mol.